The molecule has 0 bridgehead atoms. The summed E-state index contributed by atoms with van der Waals surface area (Å²) in [6.07, 6.45) is 0. The Bertz CT molecular complexity index is 983. The normalized spacial score (nSPS) is 14.2. The Morgan fingerprint density at radius 3 is 2.88 bits per heavy atom. The fourth-order valence-electron chi connectivity index (χ4n) is 2.98. The predicted molar refractivity (Wildman–Crippen MR) is 94.8 cm³/mol. The van der Waals surface area contributed by atoms with Gasteiger partial charge in [-0.1, -0.05) is 18.2 Å². The van der Waals surface area contributed by atoms with Crippen molar-refractivity contribution in [3.63, 3.8) is 0 Å². The Balaban J connectivity index is 1.58. The van der Waals surface area contributed by atoms with E-state index in [0.29, 0.717) is 23.3 Å². The lowest BCUT2D eigenvalue weighted by Crippen LogP contribution is -2.26. The van der Waals surface area contributed by atoms with E-state index in [1.54, 1.807) is 6.07 Å². The van der Waals surface area contributed by atoms with E-state index in [9.17, 15) is 4.79 Å². The average Bonchev–Trinajstić information content (AvgIpc) is 3.08. The number of hydrogen-bond donors (Lipinski definition) is 1. The molecule has 0 fully saturated rings. The SMILES string of the molecule is C[C@@H](c1nc2ccccc2c(=O)[nH]1)N(C)Cc1ccc2c(c1)OCO2. The molecule has 4 rings (SSSR count). The molecule has 1 atom stereocenters. The topological polar surface area (TPSA) is 67.5 Å². The van der Waals surface area contributed by atoms with E-state index < -0.39 is 0 Å². The molecular formula is C19H19N3O3. The van der Waals surface area contributed by atoms with Crippen LogP contribution in [0.5, 0.6) is 11.5 Å². The summed E-state index contributed by atoms with van der Waals surface area (Å²) in [4.78, 5) is 21.9. The van der Waals surface area contributed by atoms with Gasteiger partial charge in [-0.25, -0.2) is 4.98 Å². The van der Waals surface area contributed by atoms with Gasteiger partial charge in [-0.2, -0.15) is 0 Å². The van der Waals surface area contributed by atoms with Gasteiger partial charge < -0.3 is 14.5 Å². The maximum Gasteiger partial charge on any atom is 0.258 e. The van der Waals surface area contributed by atoms with Crippen molar-refractivity contribution in [3.05, 3.63) is 64.2 Å². The van der Waals surface area contributed by atoms with Gasteiger partial charge in [0.15, 0.2) is 11.5 Å². The minimum atomic E-state index is -0.107. The predicted octanol–water partition coefficient (Wildman–Crippen LogP) is 2.84. The Morgan fingerprint density at radius 2 is 2.00 bits per heavy atom. The molecule has 0 radical (unpaired) electrons. The highest BCUT2D eigenvalue weighted by Gasteiger charge is 2.18. The molecule has 0 saturated carbocycles. The highest BCUT2D eigenvalue weighted by molar-refractivity contribution is 5.77. The zero-order valence-electron chi connectivity index (χ0n) is 14.2. The number of fused-ring (bicyclic) bond motifs is 2. The molecule has 2 heterocycles. The molecule has 1 aliphatic rings. The fourth-order valence-corrected chi connectivity index (χ4v) is 2.98. The molecule has 2 aromatic carbocycles. The van der Waals surface area contributed by atoms with Gasteiger partial charge in [-0.15, -0.1) is 0 Å². The van der Waals surface area contributed by atoms with Crippen LogP contribution in [0.15, 0.2) is 47.3 Å². The Labute approximate surface area is 145 Å². The maximum absolute atomic E-state index is 12.3. The van der Waals surface area contributed by atoms with Crippen molar-refractivity contribution in [1.29, 1.82) is 0 Å². The van der Waals surface area contributed by atoms with Crippen LogP contribution in [0.3, 0.4) is 0 Å². The van der Waals surface area contributed by atoms with Crippen LogP contribution in [0.1, 0.15) is 24.4 Å². The van der Waals surface area contributed by atoms with Crippen LogP contribution in [0.4, 0.5) is 0 Å². The van der Waals surface area contributed by atoms with Crippen LogP contribution in [0.2, 0.25) is 0 Å². The molecule has 3 aromatic rings. The van der Waals surface area contributed by atoms with Crippen molar-refractivity contribution in [2.75, 3.05) is 13.8 Å². The molecule has 0 spiro atoms. The van der Waals surface area contributed by atoms with E-state index in [2.05, 4.69) is 14.9 Å². The average molecular weight is 337 g/mol. The number of aromatic nitrogens is 2. The zero-order chi connectivity index (χ0) is 17.4. The number of para-hydroxylation sites is 1. The van der Waals surface area contributed by atoms with E-state index in [1.165, 1.54) is 0 Å². The van der Waals surface area contributed by atoms with Crippen molar-refractivity contribution < 1.29 is 9.47 Å². The third-order valence-corrected chi connectivity index (χ3v) is 4.56. The van der Waals surface area contributed by atoms with Gasteiger partial charge in [0, 0.05) is 6.54 Å². The van der Waals surface area contributed by atoms with Crippen LogP contribution < -0.4 is 15.0 Å². The molecule has 6 heteroatoms. The second kappa shape index (κ2) is 6.22. The summed E-state index contributed by atoms with van der Waals surface area (Å²) in [7, 11) is 2.00. The van der Waals surface area contributed by atoms with Crippen LogP contribution in [-0.2, 0) is 6.54 Å². The molecule has 128 valence electrons. The lowest BCUT2D eigenvalue weighted by atomic mass is 10.1. The van der Waals surface area contributed by atoms with Gasteiger partial charge >= 0.3 is 0 Å². The van der Waals surface area contributed by atoms with Crippen LogP contribution >= 0.6 is 0 Å². The molecule has 0 aliphatic carbocycles. The van der Waals surface area contributed by atoms with Crippen LogP contribution in [0, 0.1) is 0 Å². The zero-order valence-corrected chi connectivity index (χ0v) is 14.2. The van der Waals surface area contributed by atoms with Gasteiger partial charge in [-0.3, -0.25) is 9.69 Å². The first-order valence-electron chi connectivity index (χ1n) is 8.19. The largest absolute Gasteiger partial charge is 0.454 e. The first kappa shape index (κ1) is 15.7. The van der Waals surface area contributed by atoms with Crippen molar-refractivity contribution in [2.45, 2.75) is 19.5 Å². The molecular weight excluding hydrogens is 318 g/mol. The standard InChI is InChI=1S/C19H19N3O3/c1-12(18-20-15-6-4-3-5-14(15)19(23)21-18)22(2)10-13-7-8-16-17(9-13)25-11-24-16/h3-9,12H,10-11H2,1-2H3,(H,20,21,23)/t12-/m0/s1. The summed E-state index contributed by atoms with van der Waals surface area (Å²) in [6.45, 7) is 3.00. The molecule has 25 heavy (non-hydrogen) atoms. The summed E-state index contributed by atoms with van der Waals surface area (Å²) < 4.78 is 10.8. The van der Waals surface area contributed by atoms with Gasteiger partial charge in [0.2, 0.25) is 6.79 Å². The molecule has 1 N–H and O–H groups in total. The lowest BCUT2D eigenvalue weighted by molar-refractivity contribution is 0.174. The van der Waals surface area contributed by atoms with Gasteiger partial charge in [0.1, 0.15) is 5.82 Å². The lowest BCUT2D eigenvalue weighted by Gasteiger charge is -2.24. The van der Waals surface area contributed by atoms with Gasteiger partial charge in [0.25, 0.3) is 5.56 Å². The van der Waals surface area contributed by atoms with Crippen molar-refractivity contribution >= 4 is 10.9 Å². The quantitative estimate of drug-likeness (QED) is 0.793. The molecule has 1 aliphatic heterocycles. The summed E-state index contributed by atoms with van der Waals surface area (Å²) in [5.41, 5.74) is 1.72. The second-order valence-electron chi connectivity index (χ2n) is 6.25. The number of benzene rings is 2. The third kappa shape index (κ3) is 2.96. The third-order valence-electron chi connectivity index (χ3n) is 4.56. The molecule has 0 unspecified atom stereocenters. The number of nitrogens with zero attached hydrogens (tertiary/aromatic N) is 2. The smallest absolute Gasteiger partial charge is 0.258 e. The summed E-state index contributed by atoms with van der Waals surface area (Å²) >= 11 is 0. The van der Waals surface area contributed by atoms with Crippen molar-refractivity contribution in [2.24, 2.45) is 0 Å². The van der Waals surface area contributed by atoms with E-state index >= 15 is 0 Å². The number of nitrogens with one attached hydrogen (secondary N) is 1. The minimum Gasteiger partial charge on any atom is -0.454 e. The first-order chi connectivity index (χ1) is 12.1. The Kier molecular flexibility index (Phi) is 3.89. The van der Waals surface area contributed by atoms with Crippen molar-refractivity contribution in [1.82, 2.24) is 14.9 Å². The Hall–Kier alpha value is -2.86. The van der Waals surface area contributed by atoms with Crippen LogP contribution in [-0.4, -0.2) is 28.7 Å². The summed E-state index contributed by atoms with van der Waals surface area (Å²) in [5, 5.41) is 0.608. The Morgan fingerprint density at radius 1 is 1.20 bits per heavy atom. The highest BCUT2D eigenvalue weighted by Crippen LogP contribution is 2.33. The van der Waals surface area contributed by atoms with Gasteiger partial charge in [0.05, 0.1) is 16.9 Å². The number of hydrogen-bond acceptors (Lipinski definition) is 5. The molecule has 1 aromatic heterocycles. The molecule has 0 saturated heterocycles. The fraction of sp³-hybridized carbons (Fsp3) is 0.263. The summed E-state index contributed by atoms with van der Waals surface area (Å²) in [6, 6.07) is 13.3. The number of ether oxygens (including phenoxy) is 2. The van der Waals surface area contributed by atoms with Crippen molar-refractivity contribution in [3.8, 4) is 11.5 Å². The van der Waals surface area contributed by atoms with Crippen LogP contribution in [0.25, 0.3) is 10.9 Å². The molecule has 0 amide bonds. The highest BCUT2D eigenvalue weighted by atomic mass is 16.7. The van der Waals surface area contributed by atoms with E-state index in [-0.39, 0.29) is 18.4 Å². The van der Waals surface area contributed by atoms with E-state index in [0.717, 1.165) is 17.1 Å². The number of H-pyrrole nitrogens is 1. The summed E-state index contributed by atoms with van der Waals surface area (Å²) in [5.74, 6) is 2.21. The van der Waals surface area contributed by atoms with Gasteiger partial charge in [-0.05, 0) is 43.8 Å². The number of aromatic amines is 1. The maximum atomic E-state index is 12.3. The second-order valence-corrected chi connectivity index (χ2v) is 6.25. The molecule has 6 nitrogen and oxygen atoms in total. The number of rotatable bonds is 4. The minimum absolute atomic E-state index is 0.0391. The van der Waals surface area contributed by atoms with E-state index in [1.807, 2.05) is 50.4 Å². The van der Waals surface area contributed by atoms with E-state index in [4.69, 9.17) is 9.47 Å². The monoisotopic (exact) mass is 337 g/mol. The first-order valence-corrected chi connectivity index (χ1v) is 8.19.